The van der Waals surface area contributed by atoms with E-state index in [-0.39, 0.29) is 17.1 Å². The molecule has 0 amide bonds. The average molecular weight is 197 g/mol. The third-order valence-electron chi connectivity index (χ3n) is 2.31. The second-order valence-corrected chi connectivity index (χ2v) is 3.32. The molecule has 0 aliphatic rings. The Bertz CT molecular complexity index is 456. The van der Waals surface area contributed by atoms with E-state index in [4.69, 9.17) is 5.73 Å². The van der Waals surface area contributed by atoms with E-state index in [1.54, 1.807) is 7.05 Å². The Morgan fingerprint density at radius 1 is 1.21 bits per heavy atom. The van der Waals surface area contributed by atoms with Gasteiger partial charge < -0.3 is 5.73 Å². The molecule has 0 saturated carbocycles. The molecule has 0 aliphatic carbocycles. The maximum absolute atomic E-state index is 11.6. The van der Waals surface area contributed by atoms with Crippen molar-refractivity contribution in [1.29, 1.82) is 0 Å². The third kappa shape index (κ3) is 1.45. The molecule has 0 radical (unpaired) electrons. The molecule has 5 nitrogen and oxygen atoms in total. The molecule has 0 spiro atoms. The highest BCUT2D eigenvalue weighted by atomic mass is 16.2. The van der Waals surface area contributed by atoms with Crippen molar-refractivity contribution in [3.63, 3.8) is 0 Å². The van der Waals surface area contributed by atoms with Crippen LogP contribution in [0.4, 0.5) is 5.82 Å². The van der Waals surface area contributed by atoms with Gasteiger partial charge in [0.1, 0.15) is 5.82 Å². The lowest BCUT2D eigenvalue weighted by atomic mass is 10.2. The fraction of sp³-hybridized carbons (Fsp3) is 0.556. The number of nitrogens with two attached hydrogens (primary N) is 1. The molecule has 1 aromatic heterocycles. The van der Waals surface area contributed by atoms with Crippen molar-refractivity contribution in [2.24, 2.45) is 14.1 Å². The highest BCUT2D eigenvalue weighted by Gasteiger charge is 2.11. The number of anilines is 1. The van der Waals surface area contributed by atoms with Crippen LogP contribution < -0.4 is 17.0 Å². The van der Waals surface area contributed by atoms with Crippen molar-refractivity contribution in [3.05, 3.63) is 26.4 Å². The standard InChI is InChI=1S/C9H15N3O2/c1-4-5-6-7(10)11(2)9(14)12(3)8(6)13/h4-5,10H2,1-3H3. The summed E-state index contributed by atoms with van der Waals surface area (Å²) in [5, 5.41) is 0. The number of nitrogens with zero attached hydrogens (tertiary/aromatic N) is 2. The molecule has 5 heteroatoms. The minimum Gasteiger partial charge on any atom is -0.385 e. The van der Waals surface area contributed by atoms with Crippen LogP contribution >= 0.6 is 0 Å². The molecule has 0 unspecified atom stereocenters. The van der Waals surface area contributed by atoms with Crippen molar-refractivity contribution in [1.82, 2.24) is 9.13 Å². The van der Waals surface area contributed by atoms with E-state index in [9.17, 15) is 9.59 Å². The van der Waals surface area contributed by atoms with E-state index in [1.807, 2.05) is 6.92 Å². The summed E-state index contributed by atoms with van der Waals surface area (Å²) in [6.45, 7) is 1.96. The molecule has 1 heterocycles. The summed E-state index contributed by atoms with van der Waals surface area (Å²) in [5.74, 6) is 0.278. The molecular formula is C9H15N3O2. The predicted molar refractivity (Wildman–Crippen MR) is 55.3 cm³/mol. The molecule has 1 aromatic rings. The first-order chi connectivity index (χ1) is 6.50. The zero-order valence-corrected chi connectivity index (χ0v) is 8.70. The van der Waals surface area contributed by atoms with Gasteiger partial charge in [0.25, 0.3) is 5.56 Å². The zero-order valence-electron chi connectivity index (χ0n) is 8.70. The molecule has 0 atom stereocenters. The Hall–Kier alpha value is -1.52. The average Bonchev–Trinajstić information content (AvgIpc) is 2.19. The summed E-state index contributed by atoms with van der Waals surface area (Å²) < 4.78 is 2.38. The molecule has 0 fully saturated rings. The van der Waals surface area contributed by atoms with Gasteiger partial charge in [-0.3, -0.25) is 13.9 Å². The maximum Gasteiger partial charge on any atom is 0.332 e. The molecular weight excluding hydrogens is 182 g/mol. The van der Waals surface area contributed by atoms with Gasteiger partial charge in [-0.1, -0.05) is 13.3 Å². The van der Waals surface area contributed by atoms with Crippen LogP contribution in [0, 0.1) is 0 Å². The van der Waals surface area contributed by atoms with Gasteiger partial charge >= 0.3 is 5.69 Å². The number of nitrogen functional groups attached to an aromatic ring is 1. The lowest BCUT2D eigenvalue weighted by Gasteiger charge is -2.10. The van der Waals surface area contributed by atoms with E-state index in [0.717, 1.165) is 11.0 Å². The first kappa shape index (κ1) is 10.6. The molecule has 0 saturated heterocycles. The predicted octanol–water partition coefficient (Wildman–Crippen LogP) is -0.381. The molecule has 14 heavy (non-hydrogen) atoms. The van der Waals surface area contributed by atoms with Gasteiger partial charge in [-0.2, -0.15) is 0 Å². The smallest absolute Gasteiger partial charge is 0.332 e. The topological polar surface area (TPSA) is 70.0 Å². The van der Waals surface area contributed by atoms with Crippen molar-refractivity contribution in [3.8, 4) is 0 Å². The largest absolute Gasteiger partial charge is 0.385 e. The quantitative estimate of drug-likeness (QED) is 0.702. The number of hydrogen-bond donors (Lipinski definition) is 1. The van der Waals surface area contributed by atoms with Crippen LogP contribution in [0.3, 0.4) is 0 Å². The summed E-state index contributed by atoms with van der Waals surface area (Å²) in [6, 6.07) is 0. The molecule has 0 aliphatic heterocycles. The van der Waals surface area contributed by atoms with Crippen molar-refractivity contribution >= 4 is 5.82 Å². The van der Waals surface area contributed by atoms with Crippen LogP contribution in [0.15, 0.2) is 9.59 Å². The normalized spacial score (nSPS) is 10.5. The molecule has 0 aromatic carbocycles. The summed E-state index contributed by atoms with van der Waals surface area (Å²) in [5.41, 5.74) is 5.55. The second-order valence-electron chi connectivity index (χ2n) is 3.32. The summed E-state index contributed by atoms with van der Waals surface area (Å²) in [4.78, 5) is 23.0. The Morgan fingerprint density at radius 2 is 1.79 bits per heavy atom. The Morgan fingerprint density at radius 3 is 2.29 bits per heavy atom. The Balaban J connectivity index is 3.60. The third-order valence-corrected chi connectivity index (χ3v) is 2.31. The molecule has 1 rings (SSSR count). The molecule has 0 bridgehead atoms. The first-order valence-electron chi connectivity index (χ1n) is 4.55. The van der Waals surface area contributed by atoms with Gasteiger partial charge in [0.05, 0.1) is 5.56 Å². The summed E-state index contributed by atoms with van der Waals surface area (Å²) in [6.07, 6.45) is 1.43. The fourth-order valence-electron chi connectivity index (χ4n) is 1.41. The van der Waals surface area contributed by atoms with E-state index < -0.39 is 0 Å². The van der Waals surface area contributed by atoms with Gasteiger partial charge in [-0.25, -0.2) is 4.79 Å². The molecule has 78 valence electrons. The van der Waals surface area contributed by atoms with Crippen LogP contribution in [-0.4, -0.2) is 9.13 Å². The van der Waals surface area contributed by atoms with E-state index in [1.165, 1.54) is 11.6 Å². The Kier molecular flexibility index (Phi) is 2.78. The van der Waals surface area contributed by atoms with E-state index >= 15 is 0 Å². The van der Waals surface area contributed by atoms with Gasteiger partial charge in [0.15, 0.2) is 0 Å². The maximum atomic E-state index is 11.6. The minimum absolute atomic E-state index is 0.278. The van der Waals surface area contributed by atoms with Gasteiger partial charge in [0, 0.05) is 14.1 Å². The van der Waals surface area contributed by atoms with E-state index in [0.29, 0.717) is 12.0 Å². The van der Waals surface area contributed by atoms with Crippen LogP contribution in [0.2, 0.25) is 0 Å². The SMILES string of the molecule is CCCc1c(N)n(C)c(=O)n(C)c1=O. The monoisotopic (exact) mass is 197 g/mol. The van der Waals surface area contributed by atoms with Gasteiger partial charge in [-0.15, -0.1) is 0 Å². The molecule has 2 N–H and O–H groups in total. The first-order valence-corrected chi connectivity index (χ1v) is 4.55. The van der Waals surface area contributed by atoms with Crippen molar-refractivity contribution < 1.29 is 0 Å². The highest BCUT2D eigenvalue weighted by molar-refractivity contribution is 5.38. The number of hydrogen-bond acceptors (Lipinski definition) is 3. The lowest BCUT2D eigenvalue weighted by molar-refractivity contribution is 0.673. The second kappa shape index (κ2) is 3.69. The Labute approximate surface area is 81.8 Å². The fourth-order valence-corrected chi connectivity index (χ4v) is 1.41. The number of aromatic nitrogens is 2. The summed E-state index contributed by atoms with van der Waals surface area (Å²) in [7, 11) is 3.03. The number of rotatable bonds is 2. The van der Waals surface area contributed by atoms with Crippen LogP contribution in [0.5, 0.6) is 0 Å². The van der Waals surface area contributed by atoms with Crippen molar-refractivity contribution in [2.75, 3.05) is 5.73 Å². The zero-order chi connectivity index (χ0) is 10.9. The summed E-state index contributed by atoms with van der Waals surface area (Å²) >= 11 is 0. The van der Waals surface area contributed by atoms with Crippen LogP contribution in [0.25, 0.3) is 0 Å². The van der Waals surface area contributed by atoms with Crippen LogP contribution in [0.1, 0.15) is 18.9 Å². The highest BCUT2D eigenvalue weighted by Crippen LogP contribution is 2.04. The van der Waals surface area contributed by atoms with E-state index in [2.05, 4.69) is 0 Å². The van der Waals surface area contributed by atoms with Gasteiger partial charge in [0.2, 0.25) is 0 Å². The lowest BCUT2D eigenvalue weighted by Crippen LogP contribution is -2.40. The minimum atomic E-state index is -0.382. The van der Waals surface area contributed by atoms with Crippen LogP contribution in [-0.2, 0) is 20.5 Å². The van der Waals surface area contributed by atoms with Crippen molar-refractivity contribution in [2.45, 2.75) is 19.8 Å². The van der Waals surface area contributed by atoms with Gasteiger partial charge in [-0.05, 0) is 6.42 Å².